The fourth-order valence-electron chi connectivity index (χ4n) is 2.86. The van der Waals surface area contributed by atoms with E-state index in [4.69, 9.17) is 6.42 Å². The normalized spacial score (nSPS) is 16.5. The van der Waals surface area contributed by atoms with Crippen molar-refractivity contribution in [1.29, 1.82) is 0 Å². The van der Waals surface area contributed by atoms with E-state index in [1.807, 2.05) is 12.1 Å². The molecule has 3 rings (SSSR count). The van der Waals surface area contributed by atoms with E-state index < -0.39 is 0 Å². The van der Waals surface area contributed by atoms with Gasteiger partial charge in [-0.05, 0) is 43.2 Å². The minimum absolute atomic E-state index is 0.541. The summed E-state index contributed by atoms with van der Waals surface area (Å²) in [6.07, 6.45) is 11.8. The number of aromatic nitrogens is 1. The number of piperidine rings is 1. The van der Waals surface area contributed by atoms with Crippen LogP contribution in [0.3, 0.4) is 0 Å². The topological polar surface area (TPSA) is 20.2 Å². The molecular weight excluding hydrogens is 258 g/mol. The van der Waals surface area contributed by atoms with E-state index in [0.717, 1.165) is 32.5 Å². The van der Waals surface area contributed by atoms with Crippen LogP contribution < -0.4 is 5.32 Å². The quantitative estimate of drug-likeness (QED) is 0.868. The number of nitrogens with zero attached hydrogens (tertiary/aromatic N) is 2. The van der Waals surface area contributed by atoms with Crippen LogP contribution in [0.5, 0.6) is 0 Å². The molecule has 0 unspecified atom stereocenters. The lowest BCUT2D eigenvalue weighted by molar-refractivity contribution is 0.243. The number of hydrogen-bond donors (Lipinski definition) is 1. The minimum Gasteiger partial charge on any atom is -0.382 e. The molecule has 1 aliphatic rings. The van der Waals surface area contributed by atoms with Crippen molar-refractivity contribution in [1.82, 2.24) is 9.47 Å². The van der Waals surface area contributed by atoms with Gasteiger partial charge in [-0.25, -0.2) is 0 Å². The molecule has 1 aromatic heterocycles. The molecule has 0 atom stereocenters. The summed E-state index contributed by atoms with van der Waals surface area (Å²) in [6, 6.07) is 13.2. The van der Waals surface area contributed by atoms with Crippen molar-refractivity contribution in [2.45, 2.75) is 18.9 Å². The third kappa shape index (κ3) is 3.48. The van der Waals surface area contributed by atoms with Crippen LogP contribution in [-0.2, 0) is 0 Å². The average Bonchev–Trinajstić information content (AvgIpc) is 3.04. The Kier molecular flexibility index (Phi) is 4.28. The molecule has 1 aliphatic heterocycles. The molecule has 1 fully saturated rings. The third-order valence-corrected chi connectivity index (χ3v) is 4.02. The maximum atomic E-state index is 5.37. The van der Waals surface area contributed by atoms with Crippen LogP contribution in [0.25, 0.3) is 5.69 Å². The monoisotopic (exact) mass is 279 g/mol. The second kappa shape index (κ2) is 6.51. The Balaban J connectivity index is 1.61. The van der Waals surface area contributed by atoms with Crippen LogP contribution in [0, 0.1) is 12.3 Å². The maximum absolute atomic E-state index is 5.37. The largest absolute Gasteiger partial charge is 0.382 e. The van der Waals surface area contributed by atoms with Gasteiger partial charge in [0.2, 0.25) is 0 Å². The highest BCUT2D eigenvalue weighted by atomic mass is 15.1. The van der Waals surface area contributed by atoms with E-state index >= 15 is 0 Å². The van der Waals surface area contributed by atoms with Crippen LogP contribution in [0.15, 0.2) is 48.8 Å². The van der Waals surface area contributed by atoms with Crippen molar-refractivity contribution in [2.75, 3.05) is 25.0 Å². The Morgan fingerprint density at radius 3 is 2.62 bits per heavy atom. The van der Waals surface area contributed by atoms with Crippen LogP contribution in [0.4, 0.5) is 5.69 Å². The first kappa shape index (κ1) is 13.8. The molecule has 0 radical (unpaired) electrons. The summed E-state index contributed by atoms with van der Waals surface area (Å²) in [7, 11) is 0. The van der Waals surface area contributed by atoms with Crippen molar-refractivity contribution in [3.63, 3.8) is 0 Å². The first-order valence-electron chi connectivity index (χ1n) is 7.51. The van der Waals surface area contributed by atoms with Crippen molar-refractivity contribution in [3.05, 3.63) is 48.8 Å². The van der Waals surface area contributed by atoms with Gasteiger partial charge in [0, 0.05) is 42.9 Å². The van der Waals surface area contributed by atoms with Crippen molar-refractivity contribution < 1.29 is 0 Å². The third-order valence-electron chi connectivity index (χ3n) is 4.02. The van der Waals surface area contributed by atoms with E-state index in [9.17, 15) is 0 Å². The lowest BCUT2D eigenvalue weighted by atomic mass is 10.0. The van der Waals surface area contributed by atoms with Crippen LogP contribution in [0.2, 0.25) is 0 Å². The van der Waals surface area contributed by atoms with Crippen LogP contribution in [0.1, 0.15) is 12.8 Å². The fourth-order valence-corrected chi connectivity index (χ4v) is 2.86. The summed E-state index contributed by atoms with van der Waals surface area (Å²) in [5.41, 5.74) is 2.38. The van der Waals surface area contributed by atoms with E-state index in [-0.39, 0.29) is 0 Å². The van der Waals surface area contributed by atoms with Gasteiger partial charge < -0.3 is 9.88 Å². The predicted molar refractivity (Wildman–Crippen MR) is 87.7 cm³/mol. The molecule has 0 aliphatic carbocycles. The summed E-state index contributed by atoms with van der Waals surface area (Å²) in [6.45, 7) is 2.94. The van der Waals surface area contributed by atoms with E-state index in [2.05, 4.69) is 57.4 Å². The first-order chi connectivity index (χ1) is 10.3. The molecule has 108 valence electrons. The van der Waals surface area contributed by atoms with E-state index in [0.29, 0.717) is 6.04 Å². The Morgan fingerprint density at radius 1 is 1.14 bits per heavy atom. The Labute approximate surface area is 126 Å². The zero-order chi connectivity index (χ0) is 14.5. The zero-order valence-corrected chi connectivity index (χ0v) is 12.2. The molecule has 1 N–H and O–H groups in total. The number of nitrogens with one attached hydrogen (secondary N) is 1. The summed E-state index contributed by atoms with van der Waals surface area (Å²) in [5, 5.41) is 3.65. The lowest BCUT2D eigenvalue weighted by Gasteiger charge is -2.31. The van der Waals surface area contributed by atoms with Crippen molar-refractivity contribution in [2.24, 2.45) is 0 Å². The SMILES string of the molecule is C#CCN1CCC(Nc2cccc(-n3cccc3)c2)CC1. The highest BCUT2D eigenvalue weighted by molar-refractivity contribution is 5.51. The summed E-state index contributed by atoms with van der Waals surface area (Å²) in [4.78, 5) is 2.34. The predicted octanol–water partition coefficient (Wildman–Crippen LogP) is 2.99. The average molecular weight is 279 g/mol. The lowest BCUT2D eigenvalue weighted by Crippen LogP contribution is -2.39. The molecule has 2 aromatic rings. The van der Waals surface area contributed by atoms with Gasteiger partial charge in [-0.2, -0.15) is 0 Å². The van der Waals surface area contributed by atoms with Crippen LogP contribution >= 0.6 is 0 Å². The summed E-state index contributed by atoms with van der Waals surface area (Å²) < 4.78 is 2.13. The standard InChI is InChI=1S/C18H21N3/c1-2-10-20-13-8-16(9-14-20)19-17-6-5-7-18(15-17)21-11-3-4-12-21/h1,3-7,11-12,15-16,19H,8-10,13-14H2. The van der Waals surface area contributed by atoms with E-state index in [1.165, 1.54) is 11.4 Å². The number of hydrogen-bond acceptors (Lipinski definition) is 2. The molecule has 3 heteroatoms. The number of rotatable bonds is 4. The molecule has 2 heterocycles. The number of benzene rings is 1. The molecular formula is C18H21N3. The van der Waals surface area contributed by atoms with Gasteiger partial charge in [-0.15, -0.1) is 6.42 Å². The molecule has 3 nitrogen and oxygen atoms in total. The Bertz CT molecular complexity index is 602. The van der Waals surface area contributed by atoms with Crippen molar-refractivity contribution >= 4 is 5.69 Å². The second-order valence-electron chi connectivity index (χ2n) is 5.54. The Hall–Kier alpha value is -2.18. The van der Waals surface area contributed by atoms with E-state index in [1.54, 1.807) is 0 Å². The number of terminal acetylenes is 1. The maximum Gasteiger partial charge on any atom is 0.0598 e. The van der Waals surface area contributed by atoms with Gasteiger partial charge >= 0.3 is 0 Å². The Morgan fingerprint density at radius 2 is 1.90 bits per heavy atom. The molecule has 0 spiro atoms. The first-order valence-corrected chi connectivity index (χ1v) is 7.51. The highest BCUT2D eigenvalue weighted by Gasteiger charge is 2.18. The number of anilines is 1. The molecule has 1 aromatic carbocycles. The summed E-state index contributed by atoms with van der Waals surface area (Å²) in [5.74, 6) is 2.73. The van der Waals surface area contributed by atoms with Gasteiger partial charge in [0.05, 0.1) is 6.54 Å². The second-order valence-corrected chi connectivity index (χ2v) is 5.54. The van der Waals surface area contributed by atoms with Gasteiger partial charge in [-0.1, -0.05) is 12.0 Å². The van der Waals surface area contributed by atoms with Gasteiger partial charge in [0.15, 0.2) is 0 Å². The van der Waals surface area contributed by atoms with Gasteiger partial charge in [-0.3, -0.25) is 4.90 Å². The smallest absolute Gasteiger partial charge is 0.0598 e. The zero-order valence-electron chi connectivity index (χ0n) is 12.2. The van der Waals surface area contributed by atoms with Gasteiger partial charge in [0.25, 0.3) is 0 Å². The highest BCUT2D eigenvalue weighted by Crippen LogP contribution is 2.19. The molecule has 0 saturated carbocycles. The molecule has 0 bridgehead atoms. The van der Waals surface area contributed by atoms with Gasteiger partial charge in [0.1, 0.15) is 0 Å². The number of likely N-dealkylation sites (tertiary alicyclic amines) is 1. The van der Waals surface area contributed by atoms with Crippen molar-refractivity contribution in [3.8, 4) is 18.0 Å². The fraction of sp³-hybridized carbons (Fsp3) is 0.333. The van der Waals surface area contributed by atoms with Crippen LogP contribution in [-0.4, -0.2) is 35.1 Å². The molecule has 0 amide bonds. The summed E-state index contributed by atoms with van der Waals surface area (Å²) >= 11 is 0. The molecule has 1 saturated heterocycles. The minimum atomic E-state index is 0.541. The molecule has 21 heavy (non-hydrogen) atoms.